The first-order chi connectivity index (χ1) is 13.7. The van der Waals surface area contributed by atoms with E-state index in [1.165, 1.54) is 26.9 Å². The highest BCUT2D eigenvalue weighted by atomic mass is 35.5. The van der Waals surface area contributed by atoms with E-state index in [1.54, 1.807) is 0 Å². The maximum atomic E-state index is 6.41. The standard InChI is InChI=1S/C23H22ClN3S.ClH/c1-16-19(8-5-13-26(16)18-6-4-12-25-15-18)27-20-7-2-3-9-22(20)28-23-11-10-17(24)14-21(23)27;/h2-4,6-7,9-12,14-16,19H,5,8,13H2,1H3;1H. The quantitative estimate of drug-likeness (QED) is 0.432. The lowest BCUT2D eigenvalue weighted by Crippen LogP contribution is -2.53. The van der Waals surface area contributed by atoms with Crippen LogP contribution in [0.2, 0.25) is 5.02 Å². The van der Waals surface area contributed by atoms with Crippen molar-refractivity contribution in [3.05, 3.63) is 72.0 Å². The number of halogens is 2. The Morgan fingerprint density at radius 2 is 1.86 bits per heavy atom. The fourth-order valence-corrected chi connectivity index (χ4v) is 5.69. The first-order valence-electron chi connectivity index (χ1n) is 9.75. The van der Waals surface area contributed by atoms with Crippen molar-refractivity contribution in [2.24, 2.45) is 0 Å². The van der Waals surface area contributed by atoms with Crippen molar-refractivity contribution in [1.82, 2.24) is 4.98 Å². The van der Waals surface area contributed by atoms with Crippen LogP contribution in [0.5, 0.6) is 0 Å². The van der Waals surface area contributed by atoms with Crippen molar-refractivity contribution in [2.45, 2.75) is 41.6 Å². The van der Waals surface area contributed by atoms with Gasteiger partial charge in [0.05, 0.1) is 29.3 Å². The predicted octanol–water partition coefficient (Wildman–Crippen LogP) is 6.82. The Morgan fingerprint density at radius 1 is 1.03 bits per heavy atom. The number of fused-ring (bicyclic) bond motifs is 2. The molecule has 1 fully saturated rings. The molecule has 3 nitrogen and oxygen atoms in total. The van der Waals surface area contributed by atoms with Crippen molar-refractivity contribution in [2.75, 3.05) is 16.3 Å². The molecule has 2 atom stereocenters. The van der Waals surface area contributed by atoms with Crippen LogP contribution >= 0.6 is 35.8 Å². The lowest BCUT2D eigenvalue weighted by molar-refractivity contribution is 0.413. The summed E-state index contributed by atoms with van der Waals surface area (Å²) in [6, 6.07) is 19.9. The molecule has 150 valence electrons. The van der Waals surface area contributed by atoms with Crippen molar-refractivity contribution < 1.29 is 0 Å². The lowest BCUT2D eigenvalue weighted by atomic mass is 9.94. The molecule has 1 aromatic heterocycles. The average molecular weight is 444 g/mol. The van der Waals surface area contributed by atoms with Crippen molar-refractivity contribution >= 4 is 52.8 Å². The average Bonchev–Trinajstić information content (AvgIpc) is 2.73. The van der Waals surface area contributed by atoms with Gasteiger partial charge in [0.25, 0.3) is 0 Å². The summed E-state index contributed by atoms with van der Waals surface area (Å²) < 4.78 is 0. The first kappa shape index (κ1) is 20.4. The predicted molar refractivity (Wildman–Crippen MR) is 125 cm³/mol. The van der Waals surface area contributed by atoms with Crippen LogP contribution < -0.4 is 9.80 Å². The van der Waals surface area contributed by atoms with Gasteiger partial charge in [0.2, 0.25) is 0 Å². The van der Waals surface area contributed by atoms with E-state index in [2.05, 4.69) is 64.2 Å². The van der Waals surface area contributed by atoms with Gasteiger partial charge in [-0.1, -0.05) is 35.5 Å². The van der Waals surface area contributed by atoms with Gasteiger partial charge in [0, 0.05) is 33.6 Å². The van der Waals surface area contributed by atoms with E-state index >= 15 is 0 Å². The highest BCUT2D eigenvalue weighted by molar-refractivity contribution is 7.99. The minimum Gasteiger partial charge on any atom is -0.366 e. The molecule has 0 spiro atoms. The van der Waals surface area contributed by atoms with Gasteiger partial charge >= 0.3 is 0 Å². The molecule has 2 aliphatic rings. The number of anilines is 3. The fraction of sp³-hybridized carbons (Fsp3) is 0.261. The summed E-state index contributed by atoms with van der Waals surface area (Å²) in [6.45, 7) is 3.40. The number of nitrogens with zero attached hydrogens (tertiary/aromatic N) is 3. The topological polar surface area (TPSA) is 19.4 Å². The smallest absolute Gasteiger partial charge is 0.0571 e. The minimum atomic E-state index is 0. The van der Waals surface area contributed by atoms with Gasteiger partial charge in [-0.3, -0.25) is 4.98 Å². The van der Waals surface area contributed by atoms with Gasteiger partial charge in [-0.2, -0.15) is 0 Å². The Kier molecular flexibility index (Phi) is 5.95. The highest BCUT2D eigenvalue weighted by Crippen LogP contribution is 2.51. The van der Waals surface area contributed by atoms with Crippen LogP contribution in [-0.4, -0.2) is 23.6 Å². The van der Waals surface area contributed by atoms with E-state index in [0.717, 1.165) is 24.4 Å². The number of pyridine rings is 1. The first-order valence-corrected chi connectivity index (χ1v) is 10.9. The summed E-state index contributed by atoms with van der Waals surface area (Å²) in [6.07, 6.45) is 6.13. The number of para-hydroxylation sites is 1. The Balaban J connectivity index is 0.00000205. The molecule has 0 radical (unpaired) electrons. The number of hydrogen-bond donors (Lipinski definition) is 0. The normalized spacial score (nSPS) is 20.5. The van der Waals surface area contributed by atoms with Crippen LogP contribution in [0, 0.1) is 0 Å². The zero-order chi connectivity index (χ0) is 19.1. The van der Waals surface area contributed by atoms with Crippen LogP contribution in [0.4, 0.5) is 17.1 Å². The summed E-state index contributed by atoms with van der Waals surface area (Å²) >= 11 is 8.25. The lowest BCUT2D eigenvalue weighted by Gasteiger charge is -2.48. The molecule has 0 aliphatic carbocycles. The van der Waals surface area contributed by atoms with E-state index < -0.39 is 0 Å². The molecule has 2 aliphatic heterocycles. The van der Waals surface area contributed by atoms with Gasteiger partial charge in [-0.25, -0.2) is 0 Å². The van der Waals surface area contributed by atoms with Gasteiger partial charge in [0.1, 0.15) is 0 Å². The summed E-state index contributed by atoms with van der Waals surface area (Å²) in [7, 11) is 0. The molecule has 29 heavy (non-hydrogen) atoms. The Labute approximate surface area is 187 Å². The Hall–Kier alpha value is -1.88. The molecular formula is C23H23Cl2N3S. The number of hydrogen-bond acceptors (Lipinski definition) is 4. The van der Waals surface area contributed by atoms with Gasteiger partial charge in [-0.15, -0.1) is 12.4 Å². The molecule has 1 saturated heterocycles. The maximum absolute atomic E-state index is 6.41. The summed E-state index contributed by atoms with van der Waals surface area (Å²) in [4.78, 5) is 11.9. The summed E-state index contributed by atoms with van der Waals surface area (Å²) in [5.74, 6) is 0. The Bertz CT molecular complexity index is 998. The zero-order valence-electron chi connectivity index (χ0n) is 16.2. The minimum absolute atomic E-state index is 0. The third-order valence-electron chi connectivity index (χ3n) is 5.78. The second-order valence-electron chi connectivity index (χ2n) is 7.41. The van der Waals surface area contributed by atoms with Crippen LogP contribution in [0.3, 0.4) is 0 Å². The third kappa shape index (κ3) is 3.70. The second kappa shape index (κ2) is 8.47. The Morgan fingerprint density at radius 3 is 2.69 bits per heavy atom. The van der Waals surface area contributed by atoms with E-state index in [1.807, 2.05) is 36.3 Å². The van der Waals surface area contributed by atoms with E-state index in [9.17, 15) is 0 Å². The fourth-order valence-electron chi connectivity index (χ4n) is 4.47. The number of rotatable bonds is 2. The molecule has 3 heterocycles. The molecular weight excluding hydrogens is 421 g/mol. The molecule has 0 N–H and O–H groups in total. The van der Waals surface area contributed by atoms with Gasteiger partial charge in [-0.05, 0) is 62.2 Å². The van der Waals surface area contributed by atoms with Crippen molar-refractivity contribution in [1.29, 1.82) is 0 Å². The van der Waals surface area contributed by atoms with Crippen LogP contribution in [-0.2, 0) is 0 Å². The summed E-state index contributed by atoms with van der Waals surface area (Å²) in [5.41, 5.74) is 3.71. The molecule has 0 amide bonds. The van der Waals surface area contributed by atoms with Crippen LogP contribution in [0.1, 0.15) is 19.8 Å². The van der Waals surface area contributed by atoms with Crippen molar-refractivity contribution in [3.8, 4) is 0 Å². The van der Waals surface area contributed by atoms with Crippen LogP contribution in [0.15, 0.2) is 76.8 Å². The number of piperidine rings is 1. The maximum Gasteiger partial charge on any atom is 0.0571 e. The van der Waals surface area contributed by atoms with E-state index in [4.69, 9.17) is 11.6 Å². The van der Waals surface area contributed by atoms with E-state index in [-0.39, 0.29) is 12.4 Å². The molecule has 5 rings (SSSR count). The van der Waals surface area contributed by atoms with Gasteiger partial charge < -0.3 is 9.80 Å². The van der Waals surface area contributed by atoms with Crippen LogP contribution in [0.25, 0.3) is 0 Å². The molecule has 3 aromatic rings. The third-order valence-corrected chi connectivity index (χ3v) is 7.15. The number of benzene rings is 2. The SMILES string of the molecule is CC1C(N2c3ccccc3Sc3ccc(Cl)cc32)CCCN1c1cccnc1.Cl. The molecule has 6 heteroatoms. The van der Waals surface area contributed by atoms with Crippen molar-refractivity contribution in [3.63, 3.8) is 0 Å². The largest absolute Gasteiger partial charge is 0.366 e. The second-order valence-corrected chi connectivity index (χ2v) is 8.93. The summed E-state index contributed by atoms with van der Waals surface area (Å²) in [5, 5.41) is 0.788. The molecule has 0 saturated carbocycles. The molecule has 0 bridgehead atoms. The van der Waals surface area contributed by atoms with E-state index in [0.29, 0.717) is 12.1 Å². The molecule has 2 unspecified atom stereocenters. The highest BCUT2D eigenvalue weighted by Gasteiger charge is 2.37. The number of aromatic nitrogens is 1. The molecule has 2 aromatic carbocycles. The van der Waals surface area contributed by atoms with Gasteiger partial charge in [0.15, 0.2) is 0 Å². The zero-order valence-corrected chi connectivity index (χ0v) is 18.6. The monoisotopic (exact) mass is 443 g/mol.